The predicted octanol–water partition coefficient (Wildman–Crippen LogP) is 3.61. The molecule has 1 radical (unpaired) electrons. The van der Waals surface area contributed by atoms with Crippen molar-refractivity contribution in [2.24, 2.45) is 0 Å². The molecule has 5 heteroatoms. The molecular formula is C24H39IrN4-. The molecule has 4 bridgehead atoms. The van der Waals surface area contributed by atoms with Crippen molar-refractivity contribution in [2.75, 3.05) is 40.3 Å². The molecule has 2 fully saturated rings. The molecule has 1 N–H and O–H groups in total. The van der Waals surface area contributed by atoms with Gasteiger partial charge in [-0.05, 0) is 45.8 Å². The Morgan fingerprint density at radius 3 is 2.31 bits per heavy atom. The molecule has 4 rings (SSSR count). The molecular weight excluding hydrogens is 537 g/mol. The third-order valence-electron chi connectivity index (χ3n) is 5.87. The van der Waals surface area contributed by atoms with Crippen LogP contribution in [0.15, 0.2) is 48.2 Å². The first-order chi connectivity index (χ1) is 13.7. The van der Waals surface area contributed by atoms with E-state index >= 15 is 0 Å². The second kappa shape index (κ2) is 13.6. The van der Waals surface area contributed by atoms with Gasteiger partial charge in [-0.2, -0.15) is 0 Å². The fourth-order valence-corrected chi connectivity index (χ4v) is 4.52. The molecule has 29 heavy (non-hydrogen) atoms. The van der Waals surface area contributed by atoms with Gasteiger partial charge in [-0.3, -0.25) is 0 Å². The maximum atomic E-state index is 5.08. The smallest absolute Gasteiger partial charge is 0.0819 e. The van der Waals surface area contributed by atoms with Crippen LogP contribution in [0.1, 0.15) is 44.9 Å². The first kappa shape index (κ1) is 24.6. The summed E-state index contributed by atoms with van der Waals surface area (Å²) in [5.74, 6) is 0. The van der Waals surface area contributed by atoms with Gasteiger partial charge in [-0.1, -0.05) is 73.9 Å². The van der Waals surface area contributed by atoms with Crippen molar-refractivity contribution in [3.8, 4) is 0 Å². The molecule has 0 aromatic carbocycles. The molecule has 4 unspecified atom stereocenters. The van der Waals surface area contributed by atoms with Crippen molar-refractivity contribution in [2.45, 2.75) is 63.1 Å². The normalized spacial score (nSPS) is 32.6. The van der Waals surface area contributed by atoms with E-state index in [0.29, 0.717) is 18.1 Å². The zero-order valence-electron chi connectivity index (χ0n) is 18.2. The van der Waals surface area contributed by atoms with Crippen molar-refractivity contribution in [1.29, 1.82) is 0 Å². The zero-order valence-corrected chi connectivity index (χ0v) is 20.6. The Kier molecular flexibility index (Phi) is 11.5. The topological polar surface area (TPSA) is 35.9 Å². The van der Waals surface area contributed by atoms with E-state index in [4.69, 9.17) is 10.6 Å². The monoisotopic (exact) mass is 576 g/mol. The molecule has 0 aromatic rings. The van der Waals surface area contributed by atoms with Gasteiger partial charge >= 0.3 is 0 Å². The number of fused-ring (bicyclic) bond motifs is 4. The van der Waals surface area contributed by atoms with Crippen LogP contribution in [-0.4, -0.2) is 63.3 Å². The molecule has 0 aromatic heterocycles. The van der Waals surface area contributed by atoms with Gasteiger partial charge in [0.1, 0.15) is 0 Å². The zero-order chi connectivity index (χ0) is 19.6. The molecule has 165 valence electrons. The van der Waals surface area contributed by atoms with Crippen LogP contribution in [0.4, 0.5) is 0 Å². The van der Waals surface area contributed by atoms with E-state index in [9.17, 15) is 0 Å². The van der Waals surface area contributed by atoms with Crippen LogP contribution in [0.5, 0.6) is 0 Å². The Morgan fingerprint density at radius 1 is 0.966 bits per heavy atom. The summed E-state index contributed by atoms with van der Waals surface area (Å²) in [6, 6.07) is 1.41. The Morgan fingerprint density at radius 2 is 1.62 bits per heavy atom. The van der Waals surface area contributed by atoms with Crippen LogP contribution in [-0.2, 0) is 20.1 Å². The summed E-state index contributed by atoms with van der Waals surface area (Å²) in [4.78, 5) is 3.95. The average Bonchev–Trinajstić information content (AvgIpc) is 2.61. The van der Waals surface area contributed by atoms with Gasteiger partial charge in [0.15, 0.2) is 0 Å². The Labute approximate surface area is 191 Å². The van der Waals surface area contributed by atoms with Crippen molar-refractivity contribution < 1.29 is 25.0 Å². The van der Waals surface area contributed by atoms with E-state index in [0.717, 1.165) is 26.2 Å². The summed E-state index contributed by atoms with van der Waals surface area (Å²) in [5, 5.41) is 9.97. The summed E-state index contributed by atoms with van der Waals surface area (Å²) < 4.78 is 0. The maximum Gasteiger partial charge on any atom is 0.0819 e. The number of nitrogens with zero attached hydrogens (tertiary/aromatic N) is 3. The third-order valence-corrected chi connectivity index (χ3v) is 5.87. The van der Waals surface area contributed by atoms with Gasteiger partial charge in [0.2, 0.25) is 0 Å². The SMILES string of the molecule is C1=CCCC=CCC1.CN1CC2C=CC=C(C[NH+](C)CC3CCCC(C1)[N-]3)[N-]2.[Ir]. The van der Waals surface area contributed by atoms with E-state index < -0.39 is 0 Å². The second-order valence-corrected chi connectivity index (χ2v) is 8.78. The number of nitrogens with one attached hydrogen (secondary N) is 1. The Balaban J connectivity index is 0.000000283. The summed E-state index contributed by atoms with van der Waals surface area (Å²) in [7, 11) is 4.49. The molecule has 4 atom stereocenters. The first-order valence-electron chi connectivity index (χ1n) is 11.3. The van der Waals surface area contributed by atoms with Crippen LogP contribution < -0.4 is 4.90 Å². The van der Waals surface area contributed by atoms with Gasteiger partial charge in [0, 0.05) is 20.1 Å². The number of rotatable bonds is 0. The number of hydrogen-bond donors (Lipinski definition) is 1. The van der Waals surface area contributed by atoms with Gasteiger partial charge in [0.05, 0.1) is 20.1 Å². The number of allylic oxidation sites excluding steroid dienone is 6. The van der Waals surface area contributed by atoms with E-state index in [2.05, 4.69) is 61.5 Å². The summed E-state index contributed by atoms with van der Waals surface area (Å²) in [6.45, 7) is 4.29. The molecule has 1 aliphatic carbocycles. The molecule has 4 aliphatic rings. The van der Waals surface area contributed by atoms with E-state index in [1.807, 2.05) is 0 Å². The van der Waals surface area contributed by atoms with Gasteiger partial charge < -0.3 is 20.4 Å². The Bertz CT molecular complexity index is 557. The van der Waals surface area contributed by atoms with Crippen LogP contribution in [0.3, 0.4) is 0 Å². The molecule has 0 saturated carbocycles. The minimum Gasteiger partial charge on any atom is -0.676 e. The number of piperidine rings is 1. The number of quaternary nitrogens is 1. The van der Waals surface area contributed by atoms with Crippen LogP contribution in [0.2, 0.25) is 0 Å². The Hall–Kier alpha value is -0.711. The molecule has 4 nitrogen and oxygen atoms in total. The fourth-order valence-electron chi connectivity index (χ4n) is 4.52. The van der Waals surface area contributed by atoms with Gasteiger partial charge in [-0.15, -0.1) is 11.7 Å². The molecule has 0 amide bonds. The van der Waals surface area contributed by atoms with E-state index in [1.54, 1.807) is 0 Å². The second-order valence-electron chi connectivity index (χ2n) is 8.78. The standard InChI is InChI=1S/C16H26N4.C8H12.Ir/c1-19-9-13-5-3-7-15(17-13)11-20(2)12-16-8-4-6-14(10-19)18-16;1-2-4-6-8-7-5-3-1;/h3,5,7,13-14,16H,4,6,8-12H2,1-2H3;1-2,7-8H,3-6H2;/q-2;;/p+1. The minimum absolute atomic E-state index is 0. The maximum absolute atomic E-state index is 5.08. The minimum atomic E-state index is 0. The summed E-state index contributed by atoms with van der Waals surface area (Å²) in [5.41, 5.74) is 1.25. The van der Waals surface area contributed by atoms with Crippen LogP contribution in [0, 0.1) is 0 Å². The largest absolute Gasteiger partial charge is 0.676 e. The molecule has 0 spiro atoms. The van der Waals surface area contributed by atoms with Crippen LogP contribution >= 0.6 is 0 Å². The van der Waals surface area contributed by atoms with Crippen molar-refractivity contribution in [3.63, 3.8) is 0 Å². The molecule has 3 aliphatic heterocycles. The van der Waals surface area contributed by atoms with Crippen molar-refractivity contribution in [1.82, 2.24) is 4.90 Å². The van der Waals surface area contributed by atoms with Gasteiger partial charge in [0.25, 0.3) is 0 Å². The molecule has 2 saturated heterocycles. The quantitative estimate of drug-likeness (QED) is 0.441. The van der Waals surface area contributed by atoms with Crippen molar-refractivity contribution in [3.05, 3.63) is 58.9 Å². The fraction of sp³-hybridized carbons (Fsp3) is 0.667. The molecule has 3 heterocycles. The first-order valence-corrected chi connectivity index (χ1v) is 11.3. The third kappa shape index (κ3) is 9.31. The van der Waals surface area contributed by atoms with E-state index in [1.165, 1.54) is 55.5 Å². The summed E-state index contributed by atoms with van der Waals surface area (Å²) in [6.07, 6.45) is 24.5. The average molecular weight is 576 g/mol. The van der Waals surface area contributed by atoms with Gasteiger partial charge in [-0.25, -0.2) is 0 Å². The number of hydrogen-bond acceptors (Lipinski definition) is 1. The summed E-state index contributed by atoms with van der Waals surface area (Å²) >= 11 is 0. The van der Waals surface area contributed by atoms with E-state index in [-0.39, 0.29) is 20.1 Å². The van der Waals surface area contributed by atoms with Crippen molar-refractivity contribution >= 4 is 0 Å². The number of likely N-dealkylation sites (N-methyl/N-ethyl adjacent to an activating group) is 2. The van der Waals surface area contributed by atoms with Crippen LogP contribution in [0.25, 0.3) is 10.6 Å². The predicted molar refractivity (Wildman–Crippen MR) is 120 cm³/mol.